The molecular formula is C22H15NO4. The van der Waals surface area contributed by atoms with E-state index < -0.39 is 0 Å². The minimum atomic E-state index is -0.354. The number of hydrogen-bond acceptors (Lipinski definition) is 5. The van der Waals surface area contributed by atoms with Crippen molar-refractivity contribution in [1.82, 2.24) is 4.98 Å². The molecule has 0 saturated carbocycles. The molecule has 0 spiro atoms. The van der Waals surface area contributed by atoms with Gasteiger partial charge in [0.25, 0.3) is 0 Å². The molecule has 0 saturated heterocycles. The van der Waals surface area contributed by atoms with Gasteiger partial charge in [-0.25, -0.2) is 4.98 Å². The summed E-state index contributed by atoms with van der Waals surface area (Å²) in [5.74, 6) is 0.0277. The van der Waals surface area contributed by atoms with E-state index in [2.05, 4.69) is 4.98 Å². The topological polar surface area (TPSA) is 65.5 Å². The average molecular weight is 357 g/mol. The van der Waals surface area contributed by atoms with Gasteiger partial charge in [-0.1, -0.05) is 42.5 Å². The van der Waals surface area contributed by atoms with Crippen LogP contribution < -0.4 is 0 Å². The number of benzene rings is 3. The number of carbonyl (C=O) groups is 1. The number of furan rings is 1. The second-order valence-corrected chi connectivity index (χ2v) is 6.33. The van der Waals surface area contributed by atoms with Crippen LogP contribution in [0.3, 0.4) is 0 Å². The third-order valence-corrected chi connectivity index (χ3v) is 4.57. The van der Waals surface area contributed by atoms with Gasteiger partial charge in [-0.15, -0.1) is 0 Å². The molecule has 5 rings (SSSR count). The van der Waals surface area contributed by atoms with Crippen molar-refractivity contribution in [2.75, 3.05) is 0 Å². The molecule has 2 aromatic heterocycles. The number of ether oxygens (including phenoxy) is 1. The van der Waals surface area contributed by atoms with Crippen LogP contribution in [-0.2, 0) is 22.6 Å². The van der Waals surface area contributed by atoms with Gasteiger partial charge in [0.05, 0.1) is 12.7 Å². The molecule has 2 heterocycles. The summed E-state index contributed by atoms with van der Waals surface area (Å²) >= 11 is 0. The number of nitrogens with zero attached hydrogens (tertiary/aromatic N) is 1. The molecule has 0 radical (unpaired) electrons. The highest BCUT2D eigenvalue weighted by Gasteiger charge is 2.15. The van der Waals surface area contributed by atoms with Crippen molar-refractivity contribution in [1.29, 1.82) is 0 Å². The van der Waals surface area contributed by atoms with Crippen LogP contribution in [0.1, 0.15) is 11.5 Å². The Morgan fingerprint density at radius 1 is 0.963 bits per heavy atom. The molecule has 0 aliphatic carbocycles. The lowest BCUT2D eigenvalue weighted by atomic mass is 10.0. The lowest BCUT2D eigenvalue weighted by Gasteiger charge is -2.03. The third kappa shape index (κ3) is 2.83. The number of aromatic nitrogens is 1. The number of esters is 1. The monoisotopic (exact) mass is 357 g/mol. The fraction of sp³-hybridized carbons (Fsp3) is 0.0909. The van der Waals surface area contributed by atoms with Gasteiger partial charge in [0.2, 0.25) is 5.89 Å². The molecule has 0 N–H and O–H groups in total. The summed E-state index contributed by atoms with van der Waals surface area (Å²) in [6.07, 6.45) is 1.75. The maximum absolute atomic E-state index is 12.3. The predicted molar refractivity (Wildman–Crippen MR) is 101 cm³/mol. The Morgan fingerprint density at radius 2 is 1.81 bits per heavy atom. The zero-order chi connectivity index (χ0) is 18.2. The highest BCUT2D eigenvalue weighted by atomic mass is 16.5. The average Bonchev–Trinajstić information content (AvgIpc) is 3.30. The lowest BCUT2D eigenvalue weighted by Crippen LogP contribution is -2.07. The minimum absolute atomic E-state index is 0.00401. The van der Waals surface area contributed by atoms with Gasteiger partial charge in [-0.05, 0) is 29.0 Å². The molecular weight excluding hydrogens is 342 g/mol. The SMILES string of the molecule is O=C(Cc1coc2ccc3ccccc3c12)OCc1nc2ccccc2o1. The first-order valence-electron chi connectivity index (χ1n) is 8.66. The minimum Gasteiger partial charge on any atom is -0.464 e. The number of rotatable bonds is 4. The Labute approximate surface area is 154 Å². The fourth-order valence-electron chi connectivity index (χ4n) is 3.33. The van der Waals surface area contributed by atoms with Gasteiger partial charge in [-0.3, -0.25) is 4.79 Å². The first kappa shape index (κ1) is 15.6. The molecule has 0 fully saturated rings. The van der Waals surface area contributed by atoms with Crippen LogP contribution in [0.5, 0.6) is 0 Å². The first-order chi connectivity index (χ1) is 13.3. The maximum atomic E-state index is 12.3. The first-order valence-corrected chi connectivity index (χ1v) is 8.66. The number of hydrogen-bond donors (Lipinski definition) is 0. The van der Waals surface area contributed by atoms with E-state index in [9.17, 15) is 4.79 Å². The van der Waals surface area contributed by atoms with E-state index in [1.54, 1.807) is 6.26 Å². The van der Waals surface area contributed by atoms with Gasteiger partial charge in [0, 0.05) is 10.9 Å². The summed E-state index contributed by atoms with van der Waals surface area (Å²) in [7, 11) is 0. The zero-order valence-corrected chi connectivity index (χ0v) is 14.3. The maximum Gasteiger partial charge on any atom is 0.310 e. The number of oxazole rings is 1. The summed E-state index contributed by atoms with van der Waals surface area (Å²) < 4.78 is 16.6. The molecule has 0 amide bonds. The summed E-state index contributed by atoms with van der Waals surface area (Å²) in [4.78, 5) is 16.7. The largest absolute Gasteiger partial charge is 0.464 e. The Balaban J connectivity index is 1.37. The van der Waals surface area contributed by atoms with Crippen LogP contribution in [0.15, 0.2) is 75.8 Å². The number of carbonyl (C=O) groups excluding carboxylic acids is 1. The van der Waals surface area contributed by atoms with E-state index >= 15 is 0 Å². The Bertz CT molecular complexity index is 1250. The van der Waals surface area contributed by atoms with E-state index in [1.165, 1.54) is 0 Å². The van der Waals surface area contributed by atoms with Crippen molar-refractivity contribution in [3.63, 3.8) is 0 Å². The molecule has 0 atom stereocenters. The Morgan fingerprint density at radius 3 is 2.74 bits per heavy atom. The normalized spacial score (nSPS) is 11.4. The third-order valence-electron chi connectivity index (χ3n) is 4.57. The van der Waals surface area contributed by atoms with Crippen molar-refractivity contribution < 1.29 is 18.4 Å². The van der Waals surface area contributed by atoms with E-state index in [-0.39, 0.29) is 19.0 Å². The van der Waals surface area contributed by atoms with E-state index in [0.29, 0.717) is 11.5 Å². The number of fused-ring (bicyclic) bond motifs is 4. The van der Waals surface area contributed by atoms with E-state index in [0.717, 1.165) is 32.8 Å². The molecule has 3 aromatic carbocycles. The second-order valence-electron chi connectivity index (χ2n) is 6.33. The molecule has 0 aliphatic heterocycles. The quantitative estimate of drug-likeness (QED) is 0.423. The van der Waals surface area contributed by atoms with Gasteiger partial charge in [-0.2, -0.15) is 0 Å². The molecule has 0 bridgehead atoms. The number of para-hydroxylation sites is 2. The van der Waals surface area contributed by atoms with Crippen LogP contribution in [0, 0.1) is 0 Å². The van der Waals surface area contributed by atoms with E-state index in [4.69, 9.17) is 13.6 Å². The second kappa shape index (κ2) is 6.29. The highest BCUT2D eigenvalue weighted by molar-refractivity contribution is 6.08. The standard InChI is InChI=1S/C22H15NO4/c24-21(26-13-20-23-17-7-3-4-8-18(17)27-20)11-15-12-25-19-10-9-14-5-1-2-6-16(14)22(15)19/h1-10,12H,11,13H2. The molecule has 0 unspecified atom stereocenters. The Kier molecular flexibility index (Phi) is 3.64. The summed E-state index contributed by atoms with van der Waals surface area (Å²) in [5, 5.41) is 3.12. The van der Waals surface area contributed by atoms with Gasteiger partial charge in [0.1, 0.15) is 11.1 Å². The lowest BCUT2D eigenvalue weighted by molar-refractivity contribution is -0.144. The molecule has 5 heteroatoms. The van der Waals surface area contributed by atoms with Crippen molar-refractivity contribution in [3.8, 4) is 0 Å². The summed E-state index contributed by atoms with van der Waals surface area (Å²) in [6, 6.07) is 19.4. The van der Waals surface area contributed by atoms with Crippen LogP contribution in [-0.4, -0.2) is 11.0 Å². The van der Waals surface area contributed by atoms with Crippen LogP contribution in [0.2, 0.25) is 0 Å². The summed E-state index contributed by atoms with van der Waals surface area (Å²) in [6.45, 7) is 0.00401. The molecule has 132 valence electrons. The zero-order valence-electron chi connectivity index (χ0n) is 14.3. The highest BCUT2D eigenvalue weighted by Crippen LogP contribution is 2.30. The molecule has 27 heavy (non-hydrogen) atoms. The molecule has 0 aliphatic rings. The van der Waals surface area contributed by atoms with Crippen LogP contribution >= 0.6 is 0 Å². The molecule has 5 nitrogen and oxygen atoms in total. The Hall–Kier alpha value is -3.60. The smallest absolute Gasteiger partial charge is 0.310 e. The van der Waals surface area contributed by atoms with Crippen molar-refractivity contribution in [2.24, 2.45) is 0 Å². The fourth-order valence-corrected chi connectivity index (χ4v) is 3.33. The van der Waals surface area contributed by atoms with Gasteiger partial charge < -0.3 is 13.6 Å². The summed E-state index contributed by atoms with van der Waals surface area (Å²) in [5.41, 5.74) is 2.99. The molecule has 5 aromatic rings. The van der Waals surface area contributed by atoms with Crippen LogP contribution in [0.25, 0.3) is 32.8 Å². The van der Waals surface area contributed by atoms with Crippen LogP contribution in [0.4, 0.5) is 0 Å². The van der Waals surface area contributed by atoms with Gasteiger partial charge in [0.15, 0.2) is 12.2 Å². The van der Waals surface area contributed by atoms with Crippen molar-refractivity contribution >= 4 is 38.8 Å². The van der Waals surface area contributed by atoms with E-state index in [1.807, 2.05) is 60.7 Å². The van der Waals surface area contributed by atoms with Gasteiger partial charge >= 0.3 is 5.97 Å². The van der Waals surface area contributed by atoms with Crippen molar-refractivity contribution in [2.45, 2.75) is 13.0 Å². The van der Waals surface area contributed by atoms with Crippen molar-refractivity contribution in [3.05, 3.63) is 78.4 Å². The predicted octanol–water partition coefficient (Wildman–Crippen LogP) is 5.01.